The Morgan fingerprint density at radius 1 is 1.18 bits per heavy atom. The third-order valence-corrected chi connectivity index (χ3v) is 4.51. The number of carbonyl (C=O) groups excluding carboxylic acids is 1. The van der Waals surface area contributed by atoms with Gasteiger partial charge in [-0.2, -0.15) is 0 Å². The lowest BCUT2D eigenvalue weighted by molar-refractivity contribution is 0.0398. The molecule has 0 bridgehead atoms. The molecule has 1 fully saturated rings. The van der Waals surface area contributed by atoms with Gasteiger partial charge in [-0.1, -0.05) is 0 Å². The van der Waals surface area contributed by atoms with E-state index in [1.165, 1.54) is 0 Å². The Bertz CT molecular complexity index is 776. The van der Waals surface area contributed by atoms with E-state index in [0.717, 1.165) is 45.1 Å². The quantitative estimate of drug-likeness (QED) is 0.719. The molecule has 1 aromatic heterocycles. The molecule has 1 saturated heterocycles. The Morgan fingerprint density at radius 3 is 2.68 bits per heavy atom. The Balaban J connectivity index is 1.55. The van der Waals surface area contributed by atoms with E-state index in [-0.39, 0.29) is 5.91 Å². The smallest absolute Gasteiger partial charge is 0.274 e. The standard InChI is InChI=1S/C20H26N4O4/c1-26-16-4-6-19(27-2)18(13-16)23-20(25)17-5-3-15(14-22-17)21-7-8-24-9-11-28-12-10-24/h3-6,13-14,21H,7-12H2,1-2H3,(H,23,25). The zero-order valence-electron chi connectivity index (χ0n) is 16.2. The third kappa shape index (κ3) is 5.34. The molecule has 0 saturated carbocycles. The summed E-state index contributed by atoms with van der Waals surface area (Å²) in [6.45, 7) is 5.28. The van der Waals surface area contributed by atoms with Gasteiger partial charge in [0.25, 0.3) is 5.91 Å². The predicted molar refractivity (Wildman–Crippen MR) is 107 cm³/mol. The molecule has 0 atom stereocenters. The van der Waals surface area contributed by atoms with Gasteiger partial charge in [0.2, 0.25) is 0 Å². The number of carbonyl (C=O) groups is 1. The summed E-state index contributed by atoms with van der Waals surface area (Å²) in [6, 6.07) is 8.76. The lowest BCUT2D eigenvalue weighted by Gasteiger charge is -2.26. The molecular formula is C20H26N4O4. The first-order valence-corrected chi connectivity index (χ1v) is 9.23. The minimum absolute atomic E-state index is 0.314. The largest absolute Gasteiger partial charge is 0.497 e. The highest BCUT2D eigenvalue weighted by molar-refractivity contribution is 6.03. The molecule has 2 aromatic rings. The van der Waals surface area contributed by atoms with E-state index in [9.17, 15) is 4.79 Å². The van der Waals surface area contributed by atoms with Crippen LogP contribution in [0.25, 0.3) is 0 Å². The molecule has 1 aromatic carbocycles. The molecule has 8 heteroatoms. The highest BCUT2D eigenvalue weighted by Gasteiger charge is 2.13. The summed E-state index contributed by atoms with van der Waals surface area (Å²) >= 11 is 0. The zero-order valence-corrected chi connectivity index (χ0v) is 16.2. The van der Waals surface area contributed by atoms with Crippen LogP contribution in [0.2, 0.25) is 0 Å². The first-order valence-electron chi connectivity index (χ1n) is 9.23. The second-order valence-electron chi connectivity index (χ2n) is 6.33. The minimum atomic E-state index is -0.314. The van der Waals surface area contributed by atoms with Crippen molar-refractivity contribution in [3.63, 3.8) is 0 Å². The second-order valence-corrected chi connectivity index (χ2v) is 6.33. The molecule has 8 nitrogen and oxygen atoms in total. The highest BCUT2D eigenvalue weighted by atomic mass is 16.5. The molecule has 0 radical (unpaired) electrons. The number of anilines is 2. The molecule has 1 amide bonds. The van der Waals surface area contributed by atoms with Crippen LogP contribution >= 0.6 is 0 Å². The maximum Gasteiger partial charge on any atom is 0.274 e. The van der Waals surface area contributed by atoms with Gasteiger partial charge in [-0.15, -0.1) is 0 Å². The zero-order chi connectivity index (χ0) is 19.8. The van der Waals surface area contributed by atoms with Crippen molar-refractivity contribution in [1.82, 2.24) is 9.88 Å². The van der Waals surface area contributed by atoms with E-state index in [1.807, 2.05) is 6.07 Å². The van der Waals surface area contributed by atoms with Gasteiger partial charge in [-0.3, -0.25) is 9.69 Å². The first-order chi connectivity index (χ1) is 13.7. The number of amides is 1. The average molecular weight is 386 g/mol. The van der Waals surface area contributed by atoms with Crippen LogP contribution < -0.4 is 20.1 Å². The maximum atomic E-state index is 12.5. The number of methoxy groups -OCH3 is 2. The third-order valence-electron chi connectivity index (χ3n) is 4.51. The van der Waals surface area contributed by atoms with Gasteiger partial charge in [0.1, 0.15) is 17.2 Å². The van der Waals surface area contributed by atoms with Gasteiger partial charge >= 0.3 is 0 Å². The van der Waals surface area contributed by atoms with Crippen molar-refractivity contribution in [2.24, 2.45) is 0 Å². The summed E-state index contributed by atoms with van der Waals surface area (Å²) in [5.74, 6) is 0.867. The SMILES string of the molecule is COc1ccc(OC)c(NC(=O)c2ccc(NCCN3CCOCC3)cn2)c1. The van der Waals surface area contributed by atoms with Gasteiger partial charge in [-0.05, 0) is 24.3 Å². The van der Waals surface area contributed by atoms with E-state index in [1.54, 1.807) is 44.7 Å². The topological polar surface area (TPSA) is 85.0 Å². The number of ether oxygens (including phenoxy) is 3. The number of benzene rings is 1. The molecule has 1 aliphatic rings. The van der Waals surface area contributed by atoms with Gasteiger partial charge in [-0.25, -0.2) is 4.98 Å². The predicted octanol–water partition coefficient (Wildman–Crippen LogP) is 2.10. The first kappa shape index (κ1) is 19.9. The fourth-order valence-corrected chi connectivity index (χ4v) is 2.91. The highest BCUT2D eigenvalue weighted by Crippen LogP contribution is 2.29. The summed E-state index contributed by atoms with van der Waals surface area (Å²) in [7, 11) is 3.12. The lowest BCUT2D eigenvalue weighted by Crippen LogP contribution is -2.39. The van der Waals surface area contributed by atoms with Crippen LogP contribution in [0.1, 0.15) is 10.5 Å². The molecule has 3 rings (SSSR count). The number of morpholine rings is 1. The van der Waals surface area contributed by atoms with E-state index < -0.39 is 0 Å². The molecule has 2 N–H and O–H groups in total. The van der Waals surface area contributed by atoms with Crippen LogP contribution in [0, 0.1) is 0 Å². The molecule has 0 spiro atoms. The number of pyridine rings is 1. The normalized spacial score (nSPS) is 14.4. The molecule has 0 aliphatic carbocycles. The number of nitrogens with one attached hydrogen (secondary N) is 2. The van der Waals surface area contributed by atoms with Gasteiger partial charge < -0.3 is 24.8 Å². The molecule has 2 heterocycles. The number of aromatic nitrogens is 1. The van der Waals surface area contributed by atoms with Crippen molar-refractivity contribution in [2.45, 2.75) is 0 Å². The number of rotatable bonds is 8. The van der Waals surface area contributed by atoms with Crippen molar-refractivity contribution < 1.29 is 19.0 Å². The Hall–Kier alpha value is -2.84. The summed E-state index contributed by atoms with van der Waals surface area (Å²) in [4.78, 5) is 19.1. The van der Waals surface area contributed by atoms with Crippen LogP contribution in [0.4, 0.5) is 11.4 Å². The Kier molecular flexibility index (Phi) is 7.05. The minimum Gasteiger partial charge on any atom is -0.497 e. The van der Waals surface area contributed by atoms with Crippen LogP contribution in [0.5, 0.6) is 11.5 Å². The van der Waals surface area contributed by atoms with Crippen molar-refractivity contribution >= 4 is 17.3 Å². The van der Waals surface area contributed by atoms with Gasteiger partial charge in [0.05, 0.1) is 45.0 Å². The maximum absolute atomic E-state index is 12.5. The molecular weight excluding hydrogens is 360 g/mol. The Morgan fingerprint density at radius 2 is 2.00 bits per heavy atom. The van der Waals surface area contributed by atoms with Crippen LogP contribution in [0.3, 0.4) is 0 Å². The monoisotopic (exact) mass is 386 g/mol. The summed E-state index contributed by atoms with van der Waals surface area (Å²) < 4.78 is 15.8. The van der Waals surface area contributed by atoms with Crippen LogP contribution in [-0.2, 0) is 4.74 Å². The van der Waals surface area contributed by atoms with E-state index >= 15 is 0 Å². The Labute approximate surface area is 164 Å². The number of hydrogen-bond acceptors (Lipinski definition) is 7. The van der Waals surface area contributed by atoms with Crippen molar-refractivity contribution in [3.05, 3.63) is 42.2 Å². The van der Waals surface area contributed by atoms with Crippen molar-refractivity contribution in [1.29, 1.82) is 0 Å². The lowest BCUT2D eigenvalue weighted by atomic mass is 10.2. The van der Waals surface area contributed by atoms with Gasteiger partial charge in [0, 0.05) is 32.2 Å². The number of nitrogens with zero attached hydrogens (tertiary/aromatic N) is 2. The number of hydrogen-bond donors (Lipinski definition) is 2. The molecule has 0 unspecified atom stereocenters. The van der Waals surface area contributed by atoms with E-state index in [4.69, 9.17) is 14.2 Å². The molecule has 1 aliphatic heterocycles. The van der Waals surface area contributed by atoms with Gasteiger partial charge in [0.15, 0.2) is 0 Å². The van der Waals surface area contributed by atoms with E-state index in [2.05, 4.69) is 20.5 Å². The van der Waals surface area contributed by atoms with Crippen LogP contribution in [-0.4, -0.2) is 69.4 Å². The molecule has 28 heavy (non-hydrogen) atoms. The van der Waals surface area contributed by atoms with Crippen molar-refractivity contribution in [3.8, 4) is 11.5 Å². The fraction of sp³-hybridized carbons (Fsp3) is 0.400. The fourth-order valence-electron chi connectivity index (χ4n) is 2.91. The van der Waals surface area contributed by atoms with Crippen LogP contribution in [0.15, 0.2) is 36.5 Å². The average Bonchev–Trinajstić information content (AvgIpc) is 2.75. The summed E-state index contributed by atoms with van der Waals surface area (Å²) in [5, 5.41) is 6.14. The van der Waals surface area contributed by atoms with E-state index in [0.29, 0.717) is 22.9 Å². The summed E-state index contributed by atoms with van der Waals surface area (Å²) in [6.07, 6.45) is 1.66. The molecule has 150 valence electrons. The van der Waals surface area contributed by atoms with Crippen molar-refractivity contribution in [2.75, 3.05) is 64.2 Å². The second kappa shape index (κ2) is 9.91. The summed E-state index contributed by atoms with van der Waals surface area (Å²) in [5.41, 5.74) is 1.73.